The second-order valence-corrected chi connectivity index (χ2v) is 6.22. The lowest BCUT2D eigenvalue weighted by molar-refractivity contribution is 0.0145. The van der Waals surface area contributed by atoms with E-state index in [9.17, 15) is 4.79 Å². The van der Waals surface area contributed by atoms with Gasteiger partial charge in [0.2, 0.25) is 0 Å². The van der Waals surface area contributed by atoms with Crippen molar-refractivity contribution in [2.45, 2.75) is 32.8 Å². The van der Waals surface area contributed by atoms with Gasteiger partial charge in [0.1, 0.15) is 11.4 Å². The predicted octanol–water partition coefficient (Wildman–Crippen LogP) is 1.35. The van der Waals surface area contributed by atoms with Crippen molar-refractivity contribution in [1.82, 2.24) is 14.8 Å². The highest BCUT2D eigenvalue weighted by atomic mass is 16.6. The number of nitrogens with zero attached hydrogens (tertiary/aromatic N) is 3. The molecule has 0 unspecified atom stereocenters. The number of ether oxygens (including phenoxy) is 1. The fourth-order valence-corrected chi connectivity index (χ4v) is 2.19. The Labute approximate surface area is 125 Å². The molecule has 1 saturated heterocycles. The van der Waals surface area contributed by atoms with Crippen molar-refractivity contribution in [3.05, 3.63) is 12.0 Å². The summed E-state index contributed by atoms with van der Waals surface area (Å²) in [5.74, 6) is 0.794. The smallest absolute Gasteiger partial charge is 0.410 e. The molecule has 1 fully saturated rings. The van der Waals surface area contributed by atoms with E-state index in [0.717, 1.165) is 31.8 Å². The number of carbonyl (C=O) groups is 1. The van der Waals surface area contributed by atoms with Crippen LogP contribution in [-0.2, 0) is 11.2 Å². The van der Waals surface area contributed by atoms with Crippen molar-refractivity contribution in [3.63, 3.8) is 0 Å². The van der Waals surface area contributed by atoms with Gasteiger partial charge in [0.25, 0.3) is 6.01 Å². The maximum Gasteiger partial charge on any atom is 0.410 e. The van der Waals surface area contributed by atoms with Crippen LogP contribution in [-0.4, -0.2) is 59.2 Å². The van der Waals surface area contributed by atoms with Gasteiger partial charge in [0, 0.05) is 39.1 Å². The second-order valence-electron chi connectivity index (χ2n) is 6.22. The molecule has 1 amide bonds. The van der Waals surface area contributed by atoms with Crippen LogP contribution in [0.2, 0.25) is 0 Å². The number of piperazine rings is 1. The third kappa shape index (κ3) is 4.93. The van der Waals surface area contributed by atoms with E-state index in [1.807, 2.05) is 20.8 Å². The van der Waals surface area contributed by atoms with Crippen LogP contribution in [0.3, 0.4) is 0 Å². The van der Waals surface area contributed by atoms with E-state index in [1.165, 1.54) is 0 Å². The molecule has 0 spiro atoms. The number of rotatable bonds is 3. The molecule has 0 atom stereocenters. The monoisotopic (exact) mass is 296 g/mol. The van der Waals surface area contributed by atoms with Gasteiger partial charge in [-0.05, 0) is 20.8 Å². The zero-order valence-corrected chi connectivity index (χ0v) is 13.0. The van der Waals surface area contributed by atoms with Crippen molar-refractivity contribution in [2.75, 3.05) is 38.5 Å². The lowest BCUT2D eigenvalue weighted by atomic mass is 10.2. The average Bonchev–Trinajstić information content (AvgIpc) is 2.81. The first kappa shape index (κ1) is 15.6. The molecule has 0 saturated carbocycles. The molecule has 2 heterocycles. The van der Waals surface area contributed by atoms with Crippen molar-refractivity contribution in [2.24, 2.45) is 0 Å². The van der Waals surface area contributed by atoms with Crippen LogP contribution in [0.4, 0.5) is 10.8 Å². The average molecular weight is 296 g/mol. The maximum atomic E-state index is 12.0. The molecule has 1 aromatic heterocycles. The Morgan fingerprint density at radius 2 is 2.05 bits per heavy atom. The number of anilines is 1. The number of nitrogen functional groups attached to an aromatic ring is 1. The fraction of sp³-hybridized carbons (Fsp3) is 0.714. The summed E-state index contributed by atoms with van der Waals surface area (Å²) in [5, 5.41) is 0. The summed E-state index contributed by atoms with van der Waals surface area (Å²) >= 11 is 0. The minimum absolute atomic E-state index is 0.208. The van der Waals surface area contributed by atoms with Gasteiger partial charge >= 0.3 is 6.09 Å². The summed E-state index contributed by atoms with van der Waals surface area (Å²) in [6.07, 6.45) is 2.20. The summed E-state index contributed by atoms with van der Waals surface area (Å²) in [6.45, 7) is 9.56. The number of nitrogens with two attached hydrogens (primary N) is 1. The molecular formula is C14H24N4O3. The Morgan fingerprint density at radius 3 is 2.57 bits per heavy atom. The van der Waals surface area contributed by atoms with Crippen LogP contribution in [0.15, 0.2) is 10.6 Å². The first-order chi connectivity index (χ1) is 9.83. The number of hydrogen-bond donors (Lipinski definition) is 1. The van der Waals surface area contributed by atoms with Crippen LogP contribution >= 0.6 is 0 Å². The van der Waals surface area contributed by atoms with E-state index >= 15 is 0 Å². The van der Waals surface area contributed by atoms with Gasteiger partial charge in [-0.1, -0.05) is 0 Å². The summed E-state index contributed by atoms with van der Waals surface area (Å²) in [6, 6.07) is 0.208. The van der Waals surface area contributed by atoms with E-state index in [0.29, 0.717) is 13.1 Å². The first-order valence-corrected chi connectivity index (χ1v) is 7.24. The molecule has 0 radical (unpaired) electrons. The molecular weight excluding hydrogens is 272 g/mol. The predicted molar refractivity (Wildman–Crippen MR) is 78.9 cm³/mol. The Balaban J connectivity index is 1.72. The summed E-state index contributed by atoms with van der Waals surface area (Å²) in [4.78, 5) is 19.9. The molecule has 0 aromatic carbocycles. The Kier molecular flexibility index (Phi) is 4.72. The SMILES string of the molecule is CC(C)(C)OC(=O)N1CCN(CCc2cnc(N)o2)CC1. The molecule has 2 rings (SSSR count). The van der Waals surface area contributed by atoms with E-state index in [1.54, 1.807) is 11.1 Å². The molecule has 1 aliphatic heterocycles. The zero-order chi connectivity index (χ0) is 15.5. The van der Waals surface area contributed by atoms with E-state index in [4.69, 9.17) is 14.9 Å². The molecule has 21 heavy (non-hydrogen) atoms. The lowest BCUT2D eigenvalue weighted by Gasteiger charge is -2.35. The minimum Gasteiger partial charge on any atom is -0.444 e. The molecule has 0 bridgehead atoms. The van der Waals surface area contributed by atoms with Gasteiger partial charge in [0.15, 0.2) is 0 Å². The fourth-order valence-electron chi connectivity index (χ4n) is 2.19. The molecule has 118 valence electrons. The Bertz CT molecular complexity index is 473. The maximum absolute atomic E-state index is 12.0. The van der Waals surface area contributed by atoms with Crippen LogP contribution < -0.4 is 5.73 Å². The summed E-state index contributed by atoms with van der Waals surface area (Å²) < 4.78 is 10.6. The molecule has 2 N–H and O–H groups in total. The third-order valence-corrected chi connectivity index (χ3v) is 3.27. The molecule has 0 aliphatic carbocycles. The minimum atomic E-state index is -0.444. The first-order valence-electron chi connectivity index (χ1n) is 7.24. The van der Waals surface area contributed by atoms with Crippen LogP contribution in [0.1, 0.15) is 26.5 Å². The lowest BCUT2D eigenvalue weighted by Crippen LogP contribution is -2.50. The van der Waals surface area contributed by atoms with Crippen molar-refractivity contribution in [1.29, 1.82) is 0 Å². The third-order valence-electron chi connectivity index (χ3n) is 3.27. The number of oxazole rings is 1. The highest BCUT2D eigenvalue weighted by Gasteiger charge is 2.25. The van der Waals surface area contributed by atoms with Gasteiger partial charge < -0.3 is 19.8 Å². The van der Waals surface area contributed by atoms with Crippen molar-refractivity contribution in [3.8, 4) is 0 Å². The van der Waals surface area contributed by atoms with Crippen LogP contribution in [0, 0.1) is 0 Å². The quantitative estimate of drug-likeness (QED) is 0.906. The number of aromatic nitrogens is 1. The highest BCUT2D eigenvalue weighted by Crippen LogP contribution is 2.12. The van der Waals surface area contributed by atoms with Crippen molar-refractivity contribution >= 4 is 12.1 Å². The zero-order valence-electron chi connectivity index (χ0n) is 13.0. The van der Waals surface area contributed by atoms with Gasteiger partial charge in [-0.15, -0.1) is 0 Å². The number of carbonyl (C=O) groups excluding carboxylic acids is 1. The standard InChI is InChI=1S/C14H24N4O3/c1-14(2,3)21-13(19)18-8-6-17(7-9-18)5-4-11-10-16-12(15)20-11/h10H,4-9H2,1-3H3,(H2,15,16). The highest BCUT2D eigenvalue weighted by molar-refractivity contribution is 5.68. The van der Waals surface area contributed by atoms with Gasteiger partial charge in [-0.2, -0.15) is 0 Å². The van der Waals surface area contributed by atoms with E-state index in [2.05, 4.69) is 9.88 Å². The van der Waals surface area contributed by atoms with Gasteiger partial charge in [-0.25, -0.2) is 9.78 Å². The Hall–Kier alpha value is -1.76. The summed E-state index contributed by atoms with van der Waals surface area (Å²) in [5.41, 5.74) is 5.00. The summed E-state index contributed by atoms with van der Waals surface area (Å²) in [7, 11) is 0. The van der Waals surface area contributed by atoms with E-state index < -0.39 is 5.60 Å². The Morgan fingerprint density at radius 1 is 1.38 bits per heavy atom. The number of hydrogen-bond acceptors (Lipinski definition) is 6. The normalized spacial score (nSPS) is 17.0. The molecule has 1 aliphatic rings. The molecule has 1 aromatic rings. The van der Waals surface area contributed by atoms with Crippen molar-refractivity contribution < 1.29 is 13.9 Å². The second kappa shape index (κ2) is 6.34. The van der Waals surface area contributed by atoms with E-state index in [-0.39, 0.29) is 12.1 Å². The molecule has 7 heteroatoms. The largest absolute Gasteiger partial charge is 0.444 e. The number of amides is 1. The van der Waals surface area contributed by atoms with Crippen LogP contribution in [0.25, 0.3) is 0 Å². The van der Waals surface area contributed by atoms with Crippen LogP contribution in [0.5, 0.6) is 0 Å². The topological polar surface area (TPSA) is 84.8 Å². The molecule has 7 nitrogen and oxygen atoms in total. The van der Waals surface area contributed by atoms with Gasteiger partial charge in [0.05, 0.1) is 6.20 Å². The van der Waals surface area contributed by atoms with Gasteiger partial charge in [-0.3, -0.25) is 4.90 Å².